The molecule has 0 amide bonds. The molecule has 1 unspecified atom stereocenters. The molecule has 0 saturated heterocycles. The van der Waals surface area contributed by atoms with Crippen LogP contribution in [0, 0.1) is 0 Å². The number of sulfonamides is 1. The van der Waals surface area contributed by atoms with Gasteiger partial charge in [-0.15, -0.1) is 0 Å². The van der Waals surface area contributed by atoms with Gasteiger partial charge in [0, 0.05) is 6.04 Å². The molecule has 2 aromatic rings. The zero-order valence-electron chi connectivity index (χ0n) is 12.4. The number of benzene rings is 2. The van der Waals surface area contributed by atoms with Gasteiger partial charge < -0.3 is 0 Å². The average Bonchev–Trinajstić information content (AvgIpc) is 2.48. The third-order valence-electron chi connectivity index (χ3n) is 3.35. The van der Waals surface area contributed by atoms with E-state index in [4.69, 9.17) is 0 Å². The zero-order chi connectivity index (χ0) is 15.3. The molecule has 3 nitrogen and oxygen atoms in total. The fourth-order valence-corrected chi connectivity index (χ4v) is 3.56. The first kappa shape index (κ1) is 15.7. The van der Waals surface area contributed by atoms with Gasteiger partial charge in [0.05, 0.1) is 4.90 Å². The average molecular weight is 303 g/mol. The number of nitrogens with one attached hydrogen (secondary N) is 1. The molecule has 2 rings (SSSR count). The summed E-state index contributed by atoms with van der Waals surface area (Å²) in [6, 6.07) is 16.9. The van der Waals surface area contributed by atoms with E-state index >= 15 is 0 Å². The van der Waals surface area contributed by atoms with E-state index in [1.54, 1.807) is 12.1 Å². The zero-order valence-corrected chi connectivity index (χ0v) is 13.2. The van der Waals surface area contributed by atoms with E-state index < -0.39 is 10.0 Å². The van der Waals surface area contributed by atoms with E-state index in [-0.39, 0.29) is 6.04 Å². The van der Waals surface area contributed by atoms with Gasteiger partial charge in [-0.2, -0.15) is 0 Å². The second-order valence-electron chi connectivity index (χ2n) is 5.20. The highest BCUT2D eigenvalue weighted by Gasteiger charge is 2.16. The Morgan fingerprint density at radius 3 is 2.10 bits per heavy atom. The normalized spacial score (nSPS) is 13.0. The summed E-state index contributed by atoms with van der Waals surface area (Å²) in [5.41, 5.74) is 2.09. The molecule has 1 N–H and O–H groups in total. The Morgan fingerprint density at radius 2 is 1.52 bits per heavy atom. The van der Waals surface area contributed by atoms with Gasteiger partial charge in [0.2, 0.25) is 10.0 Å². The monoisotopic (exact) mass is 303 g/mol. The Balaban J connectivity index is 2.19. The van der Waals surface area contributed by atoms with Crippen LogP contribution in [0.15, 0.2) is 59.5 Å². The molecule has 21 heavy (non-hydrogen) atoms. The maximum Gasteiger partial charge on any atom is 0.240 e. The molecule has 112 valence electrons. The quantitative estimate of drug-likeness (QED) is 0.881. The molecule has 1 atom stereocenters. The molecule has 0 aromatic heterocycles. The molecular formula is C17H21NO2S. The van der Waals surface area contributed by atoms with Crippen molar-refractivity contribution in [2.45, 2.75) is 37.6 Å². The van der Waals surface area contributed by atoms with Crippen LogP contribution >= 0.6 is 0 Å². The Bertz CT molecular complexity index is 664. The lowest BCUT2D eigenvalue weighted by molar-refractivity contribution is 0.544. The van der Waals surface area contributed by atoms with Gasteiger partial charge >= 0.3 is 0 Å². The summed E-state index contributed by atoms with van der Waals surface area (Å²) < 4.78 is 27.2. The lowest BCUT2D eigenvalue weighted by atomic mass is 10.1. The highest BCUT2D eigenvalue weighted by atomic mass is 32.2. The highest BCUT2D eigenvalue weighted by Crippen LogP contribution is 2.21. The third kappa shape index (κ3) is 4.16. The molecule has 0 aliphatic rings. The molecule has 4 heteroatoms. The van der Waals surface area contributed by atoms with Crippen molar-refractivity contribution in [2.24, 2.45) is 0 Å². The van der Waals surface area contributed by atoms with Crippen molar-refractivity contribution >= 4 is 10.0 Å². The van der Waals surface area contributed by atoms with E-state index in [9.17, 15) is 8.42 Å². The van der Waals surface area contributed by atoms with E-state index in [1.807, 2.05) is 56.3 Å². The minimum atomic E-state index is -3.43. The first-order valence-electron chi connectivity index (χ1n) is 7.21. The summed E-state index contributed by atoms with van der Waals surface area (Å²) in [5, 5.41) is 0. The molecule has 2 aromatic carbocycles. The largest absolute Gasteiger partial charge is 0.240 e. The second kappa shape index (κ2) is 6.87. The van der Waals surface area contributed by atoms with Crippen LogP contribution in [0.3, 0.4) is 0 Å². The summed E-state index contributed by atoms with van der Waals surface area (Å²) >= 11 is 0. The summed E-state index contributed by atoms with van der Waals surface area (Å²) in [7, 11) is -3.43. The molecule has 0 heterocycles. The van der Waals surface area contributed by atoms with Crippen molar-refractivity contribution < 1.29 is 8.42 Å². The van der Waals surface area contributed by atoms with Crippen LogP contribution in [0.1, 0.15) is 26.7 Å². The maximum atomic E-state index is 12.3. The Labute approximate surface area is 127 Å². The molecular weight excluding hydrogens is 282 g/mol. The molecule has 0 radical (unpaired) electrons. The van der Waals surface area contributed by atoms with Crippen LogP contribution in [0.2, 0.25) is 0 Å². The summed E-state index contributed by atoms with van der Waals surface area (Å²) in [5.74, 6) is 0. The van der Waals surface area contributed by atoms with E-state index in [0.717, 1.165) is 24.0 Å². The van der Waals surface area contributed by atoms with Gasteiger partial charge in [0.1, 0.15) is 0 Å². The van der Waals surface area contributed by atoms with Crippen molar-refractivity contribution in [3.05, 3.63) is 54.6 Å². The van der Waals surface area contributed by atoms with E-state index in [0.29, 0.717) is 4.90 Å². The molecule has 0 saturated carbocycles. The number of hydrogen-bond donors (Lipinski definition) is 1. The predicted octanol–water partition coefficient (Wildman–Crippen LogP) is 3.82. The number of rotatable bonds is 6. The summed E-state index contributed by atoms with van der Waals surface area (Å²) in [6.45, 7) is 3.93. The Kier molecular flexibility index (Phi) is 5.15. The van der Waals surface area contributed by atoms with Gasteiger partial charge in [-0.05, 0) is 36.6 Å². The topological polar surface area (TPSA) is 46.2 Å². The molecule has 0 fully saturated rings. The van der Waals surface area contributed by atoms with Crippen LogP contribution in [0.5, 0.6) is 0 Å². The van der Waals surface area contributed by atoms with Gasteiger partial charge in [-0.25, -0.2) is 13.1 Å². The standard InChI is InChI=1S/C17H21NO2S/c1-3-7-14(2)18-21(19,20)17-12-10-16(11-13-17)15-8-5-4-6-9-15/h4-6,8-14,18H,3,7H2,1-2H3. The van der Waals surface area contributed by atoms with Crippen LogP contribution in [-0.4, -0.2) is 14.5 Å². The lowest BCUT2D eigenvalue weighted by Gasteiger charge is -2.13. The number of hydrogen-bond acceptors (Lipinski definition) is 2. The molecule has 0 aliphatic carbocycles. The van der Waals surface area contributed by atoms with Gasteiger partial charge in [-0.1, -0.05) is 55.8 Å². The third-order valence-corrected chi connectivity index (χ3v) is 4.96. The SMILES string of the molecule is CCCC(C)NS(=O)(=O)c1ccc(-c2ccccc2)cc1. The van der Waals surface area contributed by atoms with Crippen LogP contribution in [-0.2, 0) is 10.0 Å². The van der Waals surface area contributed by atoms with Crippen molar-refractivity contribution in [1.82, 2.24) is 4.72 Å². The van der Waals surface area contributed by atoms with Crippen LogP contribution in [0.4, 0.5) is 0 Å². The minimum absolute atomic E-state index is 0.0474. The summed E-state index contributed by atoms with van der Waals surface area (Å²) in [4.78, 5) is 0.310. The first-order chi connectivity index (χ1) is 10.0. The van der Waals surface area contributed by atoms with Gasteiger partial charge in [0.25, 0.3) is 0 Å². The smallest absolute Gasteiger partial charge is 0.208 e. The van der Waals surface area contributed by atoms with Crippen LogP contribution < -0.4 is 4.72 Å². The Morgan fingerprint density at radius 1 is 0.952 bits per heavy atom. The first-order valence-corrected chi connectivity index (χ1v) is 8.69. The highest BCUT2D eigenvalue weighted by molar-refractivity contribution is 7.89. The van der Waals surface area contributed by atoms with Crippen molar-refractivity contribution in [1.29, 1.82) is 0 Å². The van der Waals surface area contributed by atoms with E-state index in [2.05, 4.69) is 4.72 Å². The summed E-state index contributed by atoms with van der Waals surface area (Å²) in [6.07, 6.45) is 1.79. The fourth-order valence-electron chi connectivity index (χ4n) is 2.28. The fraction of sp³-hybridized carbons (Fsp3) is 0.294. The van der Waals surface area contributed by atoms with E-state index in [1.165, 1.54) is 0 Å². The minimum Gasteiger partial charge on any atom is -0.208 e. The molecule has 0 spiro atoms. The predicted molar refractivity (Wildman–Crippen MR) is 86.6 cm³/mol. The van der Waals surface area contributed by atoms with Crippen molar-refractivity contribution in [2.75, 3.05) is 0 Å². The molecule has 0 aliphatic heterocycles. The Hall–Kier alpha value is -1.65. The van der Waals surface area contributed by atoms with Gasteiger partial charge in [0.15, 0.2) is 0 Å². The van der Waals surface area contributed by atoms with Crippen molar-refractivity contribution in [3.8, 4) is 11.1 Å². The lowest BCUT2D eigenvalue weighted by Crippen LogP contribution is -2.32. The van der Waals surface area contributed by atoms with Crippen LogP contribution in [0.25, 0.3) is 11.1 Å². The maximum absolute atomic E-state index is 12.3. The van der Waals surface area contributed by atoms with Crippen molar-refractivity contribution in [3.63, 3.8) is 0 Å². The second-order valence-corrected chi connectivity index (χ2v) is 6.92. The molecule has 0 bridgehead atoms. The van der Waals surface area contributed by atoms with Gasteiger partial charge in [-0.3, -0.25) is 0 Å².